The first kappa shape index (κ1) is 12.4. The molecule has 0 heterocycles. The Kier molecular flexibility index (Phi) is 3.50. The van der Waals surface area contributed by atoms with Gasteiger partial charge in [0.25, 0.3) is 0 Å². The van der Waals surface area contributed by atoms with E-state index in [4.69, 9.17) is 4.74 Å². The predicted octanol–water partition coefficient (Wildman–Crippen LogP) is 2.48. The third kappa shape index (κ3) is 2.30. The molecule has 0 aliphatic heterocycles. The second-order valence-electron chi connectivity index (χ2n) is 4.33. The van der Waals surface area contributed by atoms with E-state index >= 15 is 0 Å². The lowest BCUT2D eigenvalue weighted by molar-refractivity contribution is -0.526. The minimum Gasteiger partial charge on any atom is -0.504 e. The summed E-state index contributed by atoms with van der Waals surface area (Å²) in [6, 6.07) is 4.31. The molecule has 1 N–H and O–H groups in total. The van der Waals surface area contributed by atoms with E-state index in [0.29, 0.717) is 18.6 Å². The number of methoxy groups -OCH3 is 1. The molecule has 1 aliphatic rings. The minimum atomic E-state index is -0.607. The zero-order chi connectivity index (χ0) is 13.1. The minimum absolute atomic E-state index is 0.0465. The van der Waals surface area contributed by atoms with E-state index in [1.165, 1.54) is 13.2 Å². The molecule has 0 saturated carbocycles. The maximum atomic E-state index is 11.1. The number of aromatic hydroxyl groups is 1. The summed E-state index contributed by atoms with van der Waals surface area (Å²) in [5.41, 5.74) is 0.829. The van der Waals surface area contributed by atoms with Crippen LogP contribution in [0.25, 0.3) is 0 Å². The van der Waals surface area contributed by atoms with Crippen molar-refractivity contribution in [3.05, 3.63) is 46.0 Å². The van der Waals surface area contributed by atoms with E-state index in [2.05, 4.69) is 0 Å². The number of rotatable bonds is 3. The van der Waals surface area contributed by atoms with Crippen molar-refractivity contribution in [1.29, 1.82) is 0 Å². The summed E-state index contributed by atoms with van der Waals surface area (Å²) in [6.45, 7) is 0. The standard InChI is InChI=1S/C13H15NO4/c1-18-13-8-9(6-7-12(13)15)10-4-2-3-5-11(10)14(16)17/h2-3,6-8,10-11,15H,4-5H2,1H3/t10-,11+/m1/s1. The molecule has 96 valence electrons. The number of hydrogen-bond donors (Lipinski definition) is 1. The first-order valence-corrected chi connectivity index (χ1v) is 5.79. The van der Waals surface area contributed by atoms with Crippen LogP contribution in [0.15, 0.2) is 30.4 Å². The van der Waals surface area contributed by atoms with Crippen LogP contribution in [-0.2, 0) is 0 Å². The van der Waals surface area contributed by atoms with Gasteiger partial charge in [0.1, 0.15) is 0 Å². The fourth-order valence-electron chi connectivity index (χ4n) is 2.32. The zero-order valence-electron chi connectivity index (χ0n) is 10.1. The SMILES string of the molecule is COc1cc([C@H]2CC=CC[C@@H]2[N+](=O)[O-])ccc1O. The van der Waals surface area contributed by atoms with Crippen LogP contribution in [0.4, 0.5) is 0 Å². The molecule has 1 aliphatic carbocycles. The molecule has 2 rings (SSSR count). The number of phenolic OH excluding ortho intramolecular Hbond substituents is 1. The first-order valence-electron chi connectivity index (χ1n) is 5.79. The van der Waals surface area contributed by atoms with Crippen molar-refractivity contribution >= 4 is 0 Å². The highest BCUT2D eigenvalue weighted by atomic mass is 16.6. The van der Waals surface area contributed by atoms with Crippen LogP contribution in [0.1, 0.15) is 24.3 Å². The van der Waals surface area contributed by atoms with E-state index in [0.717, 1.165) is 5.56 Å². The first-order chi connectivity index (χ1) is 8.63. The highest BCUT2D eigenvalue weighted by molar-refractivity contribution is 5.43. The average Bonchev–Trinajstić information content (AvgIpc) is 2.39. The number of benzene rings is 1. The number of nitro groups is 1. The molecule has 5 nitrogen and oxygen atoms in total. The van der Waals surface area contributed by atoms with Gasteiger partial charge in [0.2, 0.25) is 6.04 Å². The Hall–Kier alpha value is -2.04. The quantitative estimate of drug-likeness (QED) is 0.507. The highest BCUT2D eigenvalue weighted by Crippen LogP contribution is 2.35. The fraction of sp³-hybridized carbons (Fsp3) is 0.385. The molecule has 0 amide bonds. The zero-order valence-corrected chi connectivity index (χ0v) is 10.1. The molecule has 0 spiro atoms. The van der Waals surface area contributed by atoms with Gasteiger partial charge in [-0.3, -0.25) is 10.1 Å². The lowest BCUT2D eigenvalue weighted by Crippen LogP contribution is -2.28. The Morgan fingerprint density at radius 2 is 2.11 bits per heavy atom. The van der Waals surface area contributed by atoms with Crippen LogP contribution in [0.3, 0.4) is 0 Å². The molecule has 18 heavy (non-hydrogen) atoms. The van der Waals surface area contributed by atoms with Gasteiger partial charge in [0.15, 0.2) is 11.5 Å². The van der Waals surface area contributed by atoms with E-state index in [9.17, 15) is 15.2 Å². The number of hydrogen-bond acceptors (Lipinski definition) is 4. The van der Waals surface area contributed by atoms with Gasteiger partial charge in [0.05, 0.1) is 13.0 Å². The number of allylic oxidation sites excluding steroid dienone is 1. The van der Waals surface area contributed by atoms with Crippen LogP contribution in [0.2, 0.25) is 0 Å². The maximum Gasteiger partial charge on any atom is 0.223 e. The van der Waals surface area contributed by atoms with Crippen molar-refractivity contribution in [3.8, 4) is 11.5 Å². The Morgan fingerprint density at radius 3 is 2.78 bits per heavy atom. The van der Waals surface area contributed by atoms with Gasteiger partial charge in [-0.05, 0) is 24.1 Å². The van der Waals surface area contributed by atoms with Gasteiger partial charge in [-0.15, -0.1) is 0 Å². The fourth-order valence-corrected chi connectivity index (χ4v) is 2.32. The largest absolute Gasteiger partial charge is 0.504 e. The monoisotopic (exact) mass is 249 g/mol. The molecular formula is C13H15NO4. The molecule has 1 aromatic carbocycles. The molecule has 0 aromatic heterocycles. The van der Waals surface area contributed by atoms with Gasteiger partial charge in [-0.25, -0.2) is 0 Å². The summed E-state index contributed by atoms with van der Waals surface area (Å²) >= 11 is 0. The van der Waals surface area contributed by atoms with Crippen molar-refractivity contribution in [3.63, 3.8) is 0 Å². The summed E-state index contributed by atoms with van der Waals surface area (Å²) in [5.74, 6) is 0.230. The van der Waals surface area contributed by atoms with Gasteiger partial charge in [0, 0.05) is 11.3 Å². The molecule has 0 fully saturated rings. The van der Waals surface area contributed by atoms with Crippen molar-refractivity contribution in [1.82, 2.24) is 0 Å². The highest BCUT2D eigenvalue weighted by Gasteiger charge is 2.33. The van der Waals surface area contributed by atoms with Crippen LogP contribution >= 0.6 is 0 Å². The van der Waals surface area contributed by atoms with E-state index in [1.807, 2.05) is 12.2 Å². The third-order valence-corrected chi connectivity index (χ3v) is 3.30. The topological polar surface area (TPSA) is 72.6 Å². The predicted molar refractivity (Wildman–Crippen MR) is 66.6 cm³/mol. The Bertz CT molecular complexity index is 484. The average molecular weight is 249 g/mol. The van der Waals surface area contributed by atoms with Gasteiger partial charge < -0.3 is 9.84 Å². The van der Waals surface area contributed by atoms with Crippen molar-refractivity contribution in [2.24, 2.45) is 0 Å². The normalized spacial score (nSPS) is 22.7. The maximum absolute atomic E-state index is 11.1. The molecule has 0 radical (unpaired) electrons. The molecule has 0 unspecified atom stereocenters. The third-order valence-electron chi connectivity index (χ3n) is 3.30. The molecular weight excluding hydrogens is 234 g/mol. The van der Waals surface area contributed by atoms with Gasteiger partial charge >= 0.3 is 0 Å². The van der Waals surface area contributed by atoms with E-state index in [-0.39, 0.29) is 16.6 Å². The van der Waals surface area contributed by atoms with Gasteiger partial charge in [-0.1, -0.05) is 18.2 Å². The Morgan fingerprint density at radius 1 is 1.39 bits per heavy atom. The molecule has 0 bridgehead atoms. The molecule has 5 heteroatoms. The van der Waals surface area contributed by atoms with Crippen LogP contribution in [0, 0.1) is 10.1 Å². The van der Waals surface area contributed by atoms with Gasteiger partial charge in [-0.2, -0.15) is 0 Å². The number of nitrogens with zero attached hydrogens (tertiary/aromatic N) is 1. The lowest BCUT2D eigenvalue weighted by Gasteiger charge is -2.22. The summed E-state index contributed by atoms with van der Waals surface area (Å²) in [5, 5.41) is 20.6. The summed E-state index contributed by atoms with van der Waals surface area (Å²) < 4.78 is 5.03. The second kappa shape index (κ2) is 5.08. The van der Waals surface area contributed by atoms with E-state index in [1.54, 1.807) is 12.1 Å². The van der Waals surface area contributed by atoms with Crippen LogP contribution in [-0.4, -0.2) is 23.2 Å². The summed E-state index contributed by atoms with van der Waals surface area (Å²) in [7, 11) is 1.46. The van der Waals surface area contributed by atoms with Crippen molar-refractivity contribution < 1.29 is 14.8 Å². The molecule has 0 saturated heterocycles. The van der Waals surface area contributed by atoms with Crippen LogP contribution in [0.5, 0.6) is 11.5 Å². The molecule has 1 aromatic rings. The van der Waals surface area contributed by atoms with E-state index < -0.39 is 6.04 Å². The smallest absolute Gasteiger partial charge is 0.223 e. The number of ether oxygens (including phenoxy) is 1. The summed E-state index contributed by atoms with van der Waals surface area (Å²) in [6.07, 6.45) is 4.89. The Labute approximate surface area is 105 Å². The lowest BCUT2D eigenvalue weighted by atomic mass is 9.83. The Balaban J connectivity index is 2.34. The van der Waals surface area contributed by atoms with Crippen molar-refractivity contribution in [2.75, 3.05) is 7.11 Å². The number of phenols is 1. The second-order valence-corrected chi connectivity index (χ2v) is 4.33. The molecule has 2 atom stereocenters. The summed E-state index contributed by atoms with van der Waals surface area (Å²) in [4.78, 5) is 10.8. The van der Waals surface area contributed by atoms with Crippen LogP contribution < -0.4 is 4.74 Å². The van der Waals surface area contributed by atoms with Crippen molar-refractivity contribution in [2.45, 2.75) is 24.8 Å².